The fourth-order valence-electron chi connectivity index (χ4n) is 2.38. The van der Waals surface area contributed by atoms with Crippen LogP contribution in [-0.4, -0.2) is 42.6 Å². The number of aryl methyl sites for hydroxylation is 1. The third-order valence-corrected chi connectivity index (χ3v) is 5.04. The standard InChI is InChI=1S/C11H17N3O4S/c1-3-8-13-9(11(15)18-2)10(12)14(8)7-4-5-19(16,17)6-7/h7H,3-6,12H2,1-2H3. The monoisotopic (exact) mass is 287 g/mol. The lowest BCUT2D eigenvalue weighted by Crippen LogP contribution is -2.16. The maximum atomic E-state index is 11.6. The molecule has 1 aromatic heterocycles. The molecule has 0 saturated carbocycles. The highest BCUT2D eigenvalue weighted by atomic mass is 32.2. The van der Waals surface area contributed by atoms with Gasteiger partial charge in [-0.1, -0.05) is 6.92 Å². The van der Waals surface area contributed by atoms with Gasteiger partial charge in [0.1, 0.15) is 11.6 Å². The first-order valence-corrected chi connectivity index (χ1v) is 7.87. The largest absolute Gasteiger partial charge is 0.464 e. The lowest BCUT2D eigenvalue weighted by molar-refractivity contribution is 0.0595. The Morgan fingerprint density at radius 1 is 1.58 bits per heavy atom. The summed E-state index contributed by atoms with van der Waals surface area (Å²) >= 11 is 0. The van der Waals surface area contributed by atoms with Gasteiger partial charge in [-0.2, -0.15) is 0 Å². The van der Waals surface area contributed by atoms with Crippen LogP contribution in [-0.2, 0) is 21.0 Å². The number of hydrogen-bond donors (Lipinski definition) is 1. The minimum atomic E-state index is -3.02. The van der Waals surface area contributed by atoms with E-state index in [0.29, 0.717) is 18.7 Å². The molecule has 106 valence electrons. The van der Waals surface area contributed by atoms with E-state index in [2.05, 4.69) is 9.72 Å². The molecule has 1 aliphatic rings. The summed E-state index contributed by atoms with van der Waals surface area (Å²) in [5.74, 6) is 0.380. The maximum Gasteiger partial charge on any atom is 0.360 e. The molecule has 1 aromatic rings. The molecule has 1 saturated heterocycles. The van der Waals surface area contributed by atoms with E-state index in [9.17, 15) is 13.2 Å². The van der Waals surface area contributed by atoms with Gasteiger partial charge in [-0.25, -0.2) is 18.2 Å². The van der Waals surface area contributed by atoms with Crippen molar-refractivity contribution in [3.63, 3.8) is 0 Å². The number of esters is 1. The summed E-state index contributed by atoms with van der Waals surface area (Å²) in [5, 5.41) is 0. The summed E-state index contributed by atoms with van der Waals surface area (Å²) in [5.41, 5.74) is 5.99. The fraction of sp³-hybridized carbons (Fsp3) is 0.636. The van der Waals surface area contributed by atoms with Crippen molar-refractivity contribution < 1.29 is 17.9 Å². The number of methoxy groups -OCH3 is 1. The fourth-order valence-corrected chi connectivity index (χ4v) is 4.08. The minimum Gasteiger partial charge on any atom is -0.464 e. The third-order valence-electron chi connectivity index (χ3n) is 3.29. The first-order valence-electron chi connectivity index (χ1n) is 6.05. The lowest BCUT2D eigenvalue weighted by Gasteiger charge is -2.15. The Labute approximate surface area is 111 Å². The number of nitrogens with zero attached hydrogens (tertiary/aromatic N) is 2. The van der Waals surface area contributed by atoms with Gasteiger partial charge >= 0.3 is 5.97 Å². The average molecular weight is 287 g/mol. The predicted octanol–water partition coefficient (Wildman–Crippen LogP) is 0.174. The molecule has 1 aliphatic heterocycles. The highest BCUT2D eigenvalue weighted by Gasteiger charge is 2.33. The number of aromatic nitrogens is 2. The van der Waals surface area contributed by atoms with Crippen LogP contribution in [0.25, 0.3) is 0 Å². The zero-order valence-corrected chi connectivity index (χ0v) is 11.7. The number of imidazole rings is 1. The Balaban J connectivity index is 2.45. The van der Waals surface area contributed by atoms with Gasteiger partial charge in [0.25, 0.3) is 0 Å². The van der Waals surface area contributed by atoms with Crippen LogP contribution in [0.4, 0.5) is 5.82 Å². The molecule has 0 radical (unpaired) electrons. The second-order valence-corrected chi connectivity index (χ2v) is 6.76. The molecule has 0 bridgehead atoms. The minimum absolute atomic E-state index is 0.0428. The quantitative estimate of drug-likeness (QED) is 0.795. The van der Waals surface area contributed by atoms with E-state index in [0.717, 1.165) is 0 Å². The van der Waals surface area contributed by atoms with Crippen molar-refractivity contribution in [1.29, 1.82) is 0 Å². The summed E-state index contributed by atoms with van der Waals surface area (Å²) in [6.45, 7) is 1.88. The predicted molar refractivity (Wildman–Crippen MR) is 69.7 cm³/mol. The average Bonchev–Trinajstić information content (AvgIpc) is 2.88. The van der Waals surface area contributed by atoms with Gasteiger partial charge in [0.2, 0.25) is 0 Å². The summed E-state index contributed by atoms with van der Waals surface area (Å²) in [7, 11) is -1.77. The lowest BCUT2D eigenvalue weighted by atomic mass is 10.2. The number of nitrogen functional groups attached to an aromatic ring is 1. The summed E-state index contributed by atoms with van der Waals surface area (Å²) < 4.78 is 29.4. The Morgan fingerprint density at radius 2 is 2.26 bits per heavy atom. The first-order chi connectivity index (χ1) is 8.89. The summed E-state index contributed by atoms with van der Waals surface area (Å²) in [6, 6.07) is -0.245. The van der Waals surface area contributed by atoms with Crippen molar-refractivity contribution in [2.45, 2.75) is 25.8 Å². The van der Waals surface area contributed by atoms with Crippen LogP contribution in [0, 0.1) is 0 Å². The second kappa shape index (κ2) is 4.84. The molecule has 1 unspecified atom stereocenters. The highest BCUT2D eigenvalue weighted by Crippen LogP contribution is 2.29. The Morgan fingerprint density at radius 3 is 2.74 bits per heavy atom. The van der Waals surface area contributed by atoms with Crippen molar-refractivity contribution in [3.8, 4) is 0 Å². The van der Waals surface area contributed by atoms with Gasteiger partial charge in [0.05, 0.1) is 24.7 Å². The Hall–Kier alpha value is -1.57. The molecular formula is C11H17N3O4S. The van der Waals surface area contributed by atoms with E-state index in [1.54, 1.807) is 4.57 Å². The van der Waals surface area contributed by atoms with Crippen LogP contribution in [0.1, 0.15) is 35.7 Å². The zero-order chi connectivity index (χ0) is 14.2. The van der Waals surface area contributed by atoms with Crippen LogP contribution in [0.15, 0.2) is 0 Å². The van der Waals surface area contributed by atoms with Crippen molar-refractivity contribution in [2.75, 3.05) is 24.3 Å². The summed E-state index contributed by atoms with van der Waals surface area (Å²) in [6.07, 6.45) is 1.06. The number of carbonyl (C=O) groups excluding carboxylic acids is 1. The molecule has 0 aromatic carbocycles. The van der Waals surface area contributed by atoms with E-state index < -0.39 is 15.8 Å². The van der Waals surface area contributed by atoms with Gasteiger partial charge in [0.15, 0.2) is 15.5 Å². The third kappa shape index (κ3) is 2.44. The van der Waals surface area contributed by atoms with Crippen LogP contribution in [0.2, 0.25) is 0 Å². The number of nitrogens with two attached hydrogens (primary N) is 1. The van der Waals surface area contributed by atoms with Crippen molar-refractivity contribution in [1.82, 2.24) is 9.55 Å². The number of sulfone groups is 1. The molecule has 0 spiro atoms. The van der Waals surface area contributed by atoms with Gasteiger partial charge < -0.3 is 15.0 Å². The first kappa shape index (κ1) is 13.9. The smallest absolute Gasteiger partial charge is 0.360 e. The molecule has 7 nitrogen and oxygen atoms in total. The van der Waals surface area contributed by atoms with Gasteiger partial charge in [-0.3, -0.25) is 0 Å². The molecule has 0 amide bonds. The topological polar surface area (TPSA) is 104 Å². The molecular weight excluding hydrogens is 270 g/mol. The van der Waals surface area contributed by atoms with E-state index >= 15 is 0 Å². The van der Waals surface area contributed by atoms with E-state index in [1.165, 1.54) is 7.11 Å². The van der Waals surface area contributed by atoms with Gasteiger partial charge in [-0.05, 0) is 6.42 Å². The zero-order valence-electron chi connectivity index (χ0n) is 10.9. The number of anilines is 1. The number of ether oxygens (including phenoxy) is 1. The van der Waals surface area contributed by atoms with Crippen molar-refractivity contribution in [2.24, 2.45) is 0 Å². The van der Waals surface area contributed by atoms with E-state index in [4.69, 9.17) is 5.73 Å². The maximum absolute atomic E-state index is 11.6. The van der Waals surface area contributed by atoms with E-state index in [1.807, 2.05) is 6.92 Å². The van der Waals surface area contributed by atoms with Crippen LogP contribution in [0.5, 0.6) is 0 Å². The van der Waals surface area contributed by atoms with Gasteiger partial charge in [0, 0.05) is 6.42 Å². The van der Waals surface area contributed by atoms with Gasteiger partial charge in [-0.15, -0.1) is 0 Å². The van der Waals surface area contributed by atoms with Crippen molar-refractivity contribution in [3.05, 3.63) is 11.5 Å². The summed E-state index contributed by atoms with van der Waals surface area (Å²) in [4.78, 5) is 15.7. The van der Waals surface area contributed by atoms with Crippen molar-refractivity contribution >= 4 is 21.6 Å². The molecule has 2 rings (SSSR count). The number of hydrogen-bond acceptors (Lipinski definition) is 6. The molecule has 2 N–H and O–H groups in total. The van der Waals surface area contributed by atoms with Crippen LogP contribution in [0.3, 0.4) is 0 Å². The Kier molecular flexibility index (Phi) is 3.53. The van der Waals surface area contributed by atoms with E-state index in [-0.39, 0.29) is 29.1 Å². The normalized spacial score (nSPS) is 21.5. The highest BCUT2D eigenvalue weighted by molar-refractivity contribution is 7.91. The molecule has 0 aliphatic carbocycles. The van der Waals surface area contributed by atoms with Crippen LogP contribution >= 0.6 is 0 Å². The number of carbonyl (C=O) groups is 1. The second-order valence-electron chi connectivity index (χ2n) is 4.53. The molecule has 2 heterocycles. The number of rotatable bonds is 3. The molecule has 8 heteroatoms. The molecule has 1 fully saturated rings. The molecule has 19 heavy (non-hydrogen) atoms. The Bertz CT molecular complexity index is 606. The van der Waals surface area contributed by atoms with Crippen LogP contribution < -0.4 is 5.73 Å². The SMILES string of the molecule is CCc1nc(C(=O)OC)c(N)n1C1CCS(=O)(=O)C1. The molecule has 1 atom stereocenters.